The first-order chi connectivity index (χ1) is 9.10. The van der Waals surface area contributed by atoms with Crippen LogP contribution in [0.4, 0.5) is 5.69 Å². The fourth-order valence-corrected chi connectivity index (χ4v) is 1.84. The molecule has 6 heteroatoms. The Morgan fingerprint density at radius 1 is 1.32 bits per heavy atom. The second-order valence-electron chi connectivity index (χ2n) is 3.84. The number of hydrogen-bond acceptors (Lipinski definition) is 4. The van der Waals surface area contributed by atoms with E-state index in [4.69, 9.17) is 4.74 Å². The average molecular weight is 322 g/mol. The third kappa shape index (κ3) is 3.29. The summed E-state index contributed by atoms with van der Waals surface area (Å²) in [6.07, 6.45) is 2.99. The van der Waals surface area contributed by atoms with Gasteiger partial charge >= 0.3 is 0 Å². The number of carbonyl (C=O) groups is 1. The summed E-state index contributed by atoms with van der Waals surface area (Å²) in [6.45, 7) is 1.81. The lowest BCUT2D eigenvalue weighted by Gasteiger charge is -2.10. The Hall–Kier alpha value is -1.95. The van der Waals surface area contributed by atoms with Crippen LogP contribution in [0.3, 0.4) is 0 Å². The van der Waals surface area contributed by atoms with E-state index in [9.17, 15) is 4.79 Å². The summed E-state index contributed by atoms with van der Waals surface area (Å²) in [6, 6.07) is 5.36. The first kappa shape index (κ1) is 13.5. The van der Waals surface area contributed by atoms with Gasteiger partial charge in [0.25, 0.3) is 5.91 Å². The van der Waals surface area contributed by atoms with Crippen molar-refractivity contribution in [3.05, 3.63) is 46.5 Å². The van der Waals surface area contributed by atoms with Crippen LogP contribution >= 0.6 is 15.9 Å². The smallest absolute Gasteiger partial charge is 0.275 e. The zero-order valence-corrected chi connectivity index (χ0v) is 12.1. The molecule has 1 amide bonds. The monoisotopic (exact) mass is 321 g/mol. The number of anilines is 1. The van der Waals surface area contributed by atoms with E-state index in [1.165, 1.54) is 6.20 Å². The van der Waals surface area contributed by atoms with Gasteiger partial charge in [-0.3, -0.25) is 9.78 Å². The van der Waals surface area contributed by atoms with Crippen LogP contribution in [0.15, 0.2) is 35.1 Å². The van der Waals surface area contributed by atoms with E-state index in [1.54, 1.807) is 25.4 Å². The molecule has 19 heavy (non-hydrogen) atoms. The molecule has 0 fully saturated rings. The second-order valence-corrected chi connectivity index (χ2v) is 4.76. The van der Waals surface area contributed by atoms with Crippen molar-refractivity contribution in [2.45, 2.75) is 6.92 Å². The van der Waals surface area contributed by atoms with E-state index < -0.39 is 0 Å². The number of aryl methyl sites for hydroxylation is 1. The molecule has 98 valence electrons. The summed E-state index contributed by atoms with van der Waals surface area (Å²) in [5, 5.41) is 2.74. The topological polar surface area (TPSA) is 64.1 Å². The fourth-order valence-electron chi connectivity index (χ4n) is 1.47. The summed E-state index contributed by atoms with van der Waals surface area (Å²) < 4.78 is 6.03. The van der Waals surface area contributed by atoms with Crippen LogP contribution < -0.4 is 10.1 Å². The maximum atomic E-state index is 12.0. The summed E-state index contributed by atoms with van der Waals surface area (Å²) in [5.74, 6) is 0.250. The van der Waals surface area contributed by atoms with Crippen molar-refractivity contribution >= 4 is 27.5 Å². The second kappa shape index (κ2) is 5.79. The van der Waals surface area contributed by atoms with Crippen molar-refractivity contribution in [2.75, 3.05) is 12.4 Å². The van der Waals surface area contributed by atoms with E-state index in [0.717, 1.165) is 10.2 Å². The molecule has 0 radical (unpaired) electrons. The Balaban J connectivity index is 2.23. The molecule has 1 aromatic heterocycles. The minimum atomic E-state index is -0.330. The maximum Gasteiger partial charge on any atom is 0.275 e. The number of rotatable bonds is 3. The summed E-state index contributed by atoms with van der Waals surface area (Å²) in [4.78, 5) is 20.1. The molecule has 0 atom stereocenters. The highest BCUT2D eigenvalue weighted by Crippen LogP contribution is 2.28. The van der Waals surface area contributed by atoms with E-state index in [2.05, 4.69) is 31.2 Å². The van der Waals surface area contributed by atoms with Crippen molar-refractivity contribution in [3.8, 4) is 5.75 Å². The lowest BCUT2D eigenvalue weighted by Crippen LogP contribution is -2.14. The Bertz CT molecular complexity index is 599. The van der Waals surface area contributed by atoms with Crippen LogP contribution in [0.25, 0.3) is 0 Å². The number of nitrogens with one attached hydrogen (secondary N) is 1. The molecule has 0 spiro atoms. The van der Waals surface area contributed by atoms with Gasteiger partial charge in [0.2, 0.25) is 0 Å². The molecule has 0 unspecified atom stereocenters. The molecule has 0 aliphatic carbocycles. The highest BCUT2D eigenvalue weighted by atomic mass is 79.9. The van der Waals surface area contributed by atoms with Crippen LogP contribution in [0.1, 0.15) is 16.2 Å². The SMILES string of the molecule is COc1ccc(Br)cc1NC(=O)c1cnc(C)cn1. The van der Waals surface area contributed by atoms with Crippen molar-refractivity contribution in [1.29, 1.82) is 0 Å². The highest BCUT2D eigenvalue weighted by molar-refractivity contribution is 9.10. The van der Waals surface area contributed by atoms with Crippen molar-refractivity contribution < 1.29 is 9.53 Å². The van der Waals surface area contributed by atoms with Gasteiger partial charge < -0.3 is 10.1 Å². The van der Waals surface area contributed by atoms with Gasteiger partial charge in [0, 0.05) is 10.7 Å². The Morgan fingerprint density at radius 3 is 2.74 bits per heavy atom. The number of aromatic nitrogens is 2. The molecule has 0 aliphatic heterocycles. The molecule has 0 saturated heterocycles. The molecule has 1 aromatic carbocycles. The molecular formula is C13H12BrN3O2. The predicted molar refractivity (Wildman–Crippen MR) is 75.4 cm³/mol. The Labute approximate surface area is 119 Å². The average Bonchev–Trinajstić information content (AvgIpc) is 2.39. The normalized spacial score (nSPS) is 10.1. The highest BCUT2D eigenvalue weighted by Gasteiger charge is 2.11. The quantitative estimate of drug-likeness (QED) is 0.944. The number of ether oxygens (including phenoxy) is 1. The van der Waals surface area contributed by atoms with E-state index in [0.29, 0.717) is 11.4 Å². The zero-order valence-electron chi connectivity index (χ0n) is 10.5. The minimum absolute atomic E-state index is 0.257. The number of benzene rings is 1. The first-order valence-electron chi connectivity index (χ1n) is 5.53. The summed E-state index contributed by atoms with van der Waals surface area (Å²) in [7, 11) is 1.55. The zero-order chi connectivity index (χ0) is 13.8. The Kier molecular flexibility index (Phi) is 4.11. The minimum Gasteiger partial charge on any atom is -0.495 e. The van der Waals surface area contributed by atoms with Crippen LogP contribution in [-0.2, 0) is 0 Å². The lowest BCUT2D eigenvalue weighted by atomic mass is 10.3. The van der Waals surface area contributed by atoms with Gasteiger partial charge in [-0.2, -0.15) is 0 Å². The number of nitrogens with zero attached hydrogens (tertiary/aromatic N) is 2. The number of methoxy groups -OCH3 is 1. The van der Waals surface area contributed by atoms with Gasteiger partial charge in [-0.25, -0.2) is 4.98 Å². The Morgan fingerprint density at radius 2 is 2.11 bits per heavy atom. The molecule has 2 aromatic rings. The number of halogens is 1. The van der Waals surface area contributed by atoms with Gasteiger partial charge in [-0.15, -0.1) is 0 Å². The number of carbonyl (C=O) groups excluding carboxylic acids is 1. The third-order valence-corrected chi connectivity index (χ3v) is 2.92. The fraction of sp³-hybridized carbons (Fsp3) is 0.154. The van der Waals surface area contributed by atoms with E-state index in [-0.39, 0.29) is 11.6 Å². The van der Waals surface area contributed by atoms with Crippen LogP contribution in [0.2, 0.25) is 0 Å². The molecular weight excluding hydrogens is 310 g/mol. The molecule has 0 saturated carbocycles. The van der Waals surface area contributed by atoms with E-state index in [1.807, 2.05) is 13.0 Å². The summed E-state index contributed by atoms with van der Waals surface area (Å²) in [5.41, 5.74) is 1.59. The molecule has 0 bridgehead atoms. The van der Waals surface area contributed by atoms with Gasteiger partial charge in [-0.05, 0) is 25.1 Å². The third-order valence-electron chi connectivity index (χ3n) is 2.42. The number of hydrogen-bond donors (Lipinski definition) is 1. The molecule has 0 aliphatic rings. The molecule has 2 rings (SSSR count). The molecule has 1 N–H and O–H groups in total. The molecule has 5 nitrogen and oxygen atoms in total. The summed E-state index contributed by atoms with van der Waals surface area (Å²) >= 11 is 3.35. The maximum absolute atomic E-state index is 12.0. The van der Waals surface area contributed by atoms with Gasteiger partial charge in [0.1, 0.15) is 11.4 Å². The predicted octanol–water partition coefficient (Wildman–Crippen LogP) is 2.81. The van der Waals surface area contributed by atoms with Gasteiger partial charge in [0.05, 0.1) is 24.7 Å². The standard InChI is InChI=1S/C13H12BrN3O2/c1-8-6-16-11(7-15-8)13(18)17-10-5-9(14)3-4-12(10)19-2/h3-7H,1-2H3,(H,17,18). The van der Waals surface area contributed by atoms with Gasteiger partial charge in [-0.1, -0.05) is 15.9 Å². The van der Waals surface area contributed by atoms with Crippen molar-refractivity contribution in [1.82, 2.24) is 9.97 Å². The molecule has 1 heterocycles. The van der Waals surface area contributed by atoms with E-state index >= 15 is 0 Å². The van der Waals surface area contributed by atoms with Crippen LogP contribution in [0, 0.1) is 6.92 Å². The lowest BCUT2D eigenvalue weighted by molar-refractivity contribution is 0.102. The first-order valence-corrected chi connectivity index (χ1v) is 6.33. The van der Waals surface area contributed by atoms with Crippen LogP contribution in [-0.4, -0.2) is 23.0 Å². The van der Waals surface area contributed by atoms with Gasteiger partial charge in [0.15, 0.2) is 0 Å². The van der Waals surface area contributed by atoms with Crippen molar-refractivity contribution in [2.24, 2.45) is 0 Å². The van der Waals surface area contributed by atoms with Crippen LogP contribution in [0.5, 0.6) is 5.75 Å². The largest absolute Gasteiger partial charge is 0.495 e. The van der Waals surface area contributed by atoms with Crippen molar-refractivity contribution in [3.63, 3.8) is 0 Å². The number of amides is 1.